The average molecular weight is 514 g/mol. The summed E-state index contributed by atoms with van der Waals surface area (Å²) in [6, 6.07) is -0.567. The van der Waals surface area contributed by atoms with Gasteiger partial charge in [-0.1, -0.05) is 41.0 Å². The highest BCUT2D eigenvalue weighted by molar-refractivity contribution is 5.83. The van der Waals surface area contributed by atoms with E-state index in [1.165, 1.54) is 7.11 Å². The Labute approximate surface area is 216 Å². The van der Waals surface area contributed by atoms with Crippen LogP contribution in [-0.4, -0.2) is 97.2 Å². The van der Waals surface area contributed by atoms with Crippen molar-refractivity contribution in [3.05, 3.63) is 0 Å². The smallest absolute Gasteiger partial charge is 0.322 e. The molecular weight excluding hydrogens is 466 g/mol. The number of ether oxygens (including phenoxy) is 2. The lowest BCUT2D eigenvalue weighted by atomic mass is 9.90. The van der Waals surface area contributed by atoms with Gasteiger partial charge in [-0.05, 0) is 24.7 Å². The van der Waals surface area contributed by atoms with E-state index in [4.69, 9.17) is 14.6 Å². The molecule has 10 heteroatoms. The second kappa shape index (κ2) is 15.1. The fourth-order valence-electron chi connectivity index (χ4n) is 5.14. The van der Waals surface area contributed by atoms with Gasteiger partial charge in [0.1, 0.15) is 6.54 Å². The number of aliphatic carboxylic acids is 1. The monoisotopic (exact) mass is 513 g/mol. The first-order chi connectivity index (χ1) is 16.9. The molecule has 6 atom stereocenters. The Morgan fingerprint density at radius 3 is 2.22 bits per heavy atom. The van der Waals surface area contributed by atoms with Crippen LogP contribution in [0.3, 0.4) is 0 Å². The van der Waals surface area contributed by atoms with E-state index in [9.17, 15) is 19.2 Å². The third-order valence-electron chi connectivity index (χ3n) is 7.30. The van der Waals surface area contributed by atoms with Gasteiger partial charge in [0.2, 0.25) is 17.7 Å². The molecule has 1 fully saturated rings. The van der Waals surface area contributed by atoms with Crippen molar-refractivity contribution in [3.63, 3.8) is 0 Å². The molecule has 1 aliphatic rings. The number of hydrogen-bond donors (Lipinski definition) is 2. The second-order valence-corrected chi connectivity index (χ2v) is 10.4. The van der Waals surface area contributed by atoms with Gasteiger partial charge in [0.05, 0.1) is 36.6 Å². The van der Waals surface area contributed by atoms with Crippen molar-refractivity contribution in [2.75, 3.05) is 34.4 Å². The summed E-state index contributed by atoms with van der Waals surface area (Å²) in [6.07, 6.45) is 1.77. The summed E-state index contributed by atoms with van der Waals surface area (Å²) >= 11 is 0. The van der Waals surface area contributed by atoms with Crippen molar-refractivity contribution < 1.29 is 33.8 Å². The zero-order valence-corrected chi connectivity index (χ0v) is 23.3. The second-order valence-electron chi connectivity index (χ2n) is 10.4. The van der Waals surface area contributed by atoms with E-state index in [1.807, 2.05) is 13.8 Å². The maximum Gasteiger partial charge on any atom is 0.322 e. The van der Waals surface area contributed by atoms with Crippen LogP contribution < -0.4 is 5.32 Å². The quantitative estimate of drug-likeness (QED) is 0.344. The van der Waals surface area contributed by atoms with Crippen molar-refractivity contribution in [3.8, 4) is 0 Å². The average Bonchev–Trinajstić information content (AvgIpc) is 3.31. The number of carbonyl (C=O) groups is 4. The van der Waals surface area contributed by atoms with Crippen LogP contribution in [0.25, 0.3) is 0 Å². The molecule has 0 bridgehead atoms. The lowest BCUT2D eigenvalue weighted by molar-refractivity contribution is -0.146. The van der Waals surface area contributed by atoms with E-state index in [0.29, 0.717) is 19.4 Å². The Hall–Kier alpha value is -2.20. The molecule has 1 saturated heterocycles. The summed E-state index contributed by atoms with van der Waals surface area (Å²) in [7, 11) is 4.86. The van der Waals surface area contributed by atoms with Gasteiger partial charge in [0, 0.05) is 34.2 Å². The predicted octanol–water partition coefficient (Wildman–Crippen LogP) is 2.15. The molecule has 36 heavy (non-hydrogen) atoms. The molecule has 0 aliphatic carbocycles. The number of methoxy groups -OCH3 is 2. The predicted molar refractivity (Wildman–Crippen MR) is 136 cm³/mol. The lowest BCUT2D eigenvalue weighted by Crippen LogP contribution is -2.53. The summed E-state index contributed by atoms with van der Waals surface area (Å²) in [5, 5.41) is 11.3. The van der Waals surface area contributed by atoms with E-state index in [2.05, 4.69) is 19.2 Å². The van der Waals surface area contributed by atoms with Gasteiger partial charge >= 0.3 is 5.97 Å². The Kier molecular flexibility index (Phi) is 13.4. The van der Waals surface area contributed by atoms with E-state index in [0.717, 1.165) is 12.8 Å². The van der Waals surface area contributed by atoms with Gasteiger partial charge in [0.15, 0.2) is 0 Å². The number of likely N-dealkylation sites (N-methyl/N-ethyl adjacent to an activating group) is 1. The number of amides is 3. The standard InChI is InChI=1S/C26H47N3O7/c1-9-17(4)24(28(6)21(30)13-16(2)3)20(35-7)14-22(31)29-12-10-11-19(29)25(36-8)18(5)26(34)27-15-23(32)33/h16-20,24-25H,9-15H2,1-8H3,(H,27,34)(H,32,33). The first-order valence-electron chi connectivity index (χ1n) is 13.0. The Bertz CT molecular complexity index is 745. The fraction of sp³-hybridized carbons (Fsp3) is 0.846. The van der Waals surface area contributed by atoms with Crippen LogP contribution in [0.1, 0.15) is 66.7 Å². The number of likely N-dealkylation sites (tertiary alicyclic amines) is 1. The zero-order valence-electron chi connectivity index (χ0n) is 23.3. The zero-order chi connectivity index (χ0) is 27.6. The molecule has 0 aromatic heterocycles. The van der Waals surface area contributed by atoms with Gasteiger partial charge in [-0.15, -0.1) is 0 Å². The molecule has 6 unspecified atom stereocenters. The molecule has 1 aliphatic heterocycles. The fourth-order valence-corrected chi connectivity index (χ4v) is 5.14. The maximum absolute atomic E-state index is 13.5. The largest absolute Gasteiger partial charge is 0.480 e. The Balaban J connectivity index is 3.05. The number of nitrogens with zero attached hydrogens (tertiary/aromatic N) is 2. The van der Waals surface area contributed by atoms with Crippen LogP contribution in [0.5, 0.6) is 0 Å². The van der Waals surface area contributed by atoms with Gasteiger partial charge < -0.3 is 29.7 Å². The first-order valence-corrected chi connectivity index (χ1v) is 13.0. The van der Waals surface area contributed by atoms with Crippen LogP contribution in [0.15, 0.2) is 0 Å². The number of hydrogen-bond acceptors (Lipinski definition) is 6. The highest BCUT2D eigenvalue weighted by Crippen LogP contribution is 2.29. The molecular formula is C26H47N3O7. The van der Waals surface area contributed by atoms with Crippen LogP contribution >= 0.6 is 0 Å². The first kappa shape index (κ1) is 31.8. The Morgan fingerprint density at radius 1 is 1.08 bits per heavy atom. The van der Waals surface area contributed by atoms with Gasteiger partial charge in [-0.25, -0.2) is 0 Å². The van der Waals surface area contributed by atoms with Crippen LogP contribution in [-0.2, 0) is 28.7 Å². The number of carboxylic acids is 1. The molecule has 0 aromatic carbocycles. The van der Waals surface area contributed by atoms with Gasteiger partial charge in [-0.2, -0.15) is 0 Å². The number of carbonyl (C=O) groups excluding carboxylic acids is 3. The van der Waals surface area contributed by atoms with E-state index >= 15 is 0 Å². The van der Waals surface area contributed by atoms with Crippen LogP contribution in [0.4, 0.5) is 0 Å². The van der Waals surface area contributed by atoms with Gasteiger partial charge in [-0.3, -0.25) is 19.2 Å². The summed E-state index contributed by atoms with van der Waals surface area (Å²) in [6.45, 7) is 9.88. The Morgan fingerprint density at radius 2 is 1.72 bits per heavy atom. The summed E-state index contributed by atoms with van der Waals surface area (Å²) < 4.78 is 11.5. The molecule has 2 N–H and O–H groups in total. The SMILES string of the molecule is CCC(C)C(C(CC(=O)N1CCCC1C(OC)C(C)C(=O)NCC(=O)O)OC)N(C)C(=O)CC(C)C. The number of carboxylic acid groups (broad SMARTS) is 1. The van der Waals surface area contributed by atoms with Crippen molar-refractivity contribution in [1.29, 1.82) is 0 Å². The third kappa shape index (κ3) is 8.73. The molecule has 10 nitrogen and oxygen atoms in total. The van der Waals surface area contributed by atoms with Crippen molar-refractivity contribution in [2.45, 2.75) is 91.0 Å². The van der Waals surface area contributed by atoms with Crippen molar-refractivity contribution >= 4 is 23.7 Å². The van der Waals surface area contributed by atoms with Crippen LogP contribution in [0, 0.1) is 17.8 Å². The minimum absolute atomic E-state index is 0.0319. The molecule has 0 aromatic rings. The van der Waals surface area contributed by atoms with E-state index in [-0.39, 0.29) is 42.2 Å². The van der Waals surface area contributed by atoms with Crippen LogP contribution in [0.2, 0.25) is 0 Å². The summed E-state index contributed by atoms with van der Waals surface area (Å²) in [5.74, 6) is -1.92. The number of rotatable bonds is 15. The van der Waals surface area contributed by atoms with Gasteiger partial charge in [0.25, 0.3) is 0 Å². The molecule has 3 amide bonds. The topological polar surface area (TPSA) is 125 Å². The molecule has 1 rings (SSSR count). The molecule has 208 valence electrons. The lowest BCUT2D eigenvalue weighted by Gasteiger charge is -2.39. The molecule has 0 radical (unpaired) electrons. The minimum Gasteiger partial charge on any atom is -0.480 e. The highest BCUT2D eigenvalue weighted by Gasteiger charge is 2.41. The van der Waals surface area contributed by atoms with Crippen molar-refractivity contribution in [1.82, 2.24) is 15.1 Å². The van der Waals surface area contributed by atoms with E-state index in [1.54, 1.807) is 30.9 Å². The highest BCUT2D eigenvalue weighted by atomic mass is 16.5. The third-order valence-corrected chi connectivity index (χ3v) is 7.30. The normalized spacial score (nSPS) is 19.9. The maximum atomic E-state index is 13.5. The molecule has 0 spiro atoms. The molecule has 1 heterocycles. The minimum atomic E-state index is -1.12. The molecule has 0 saturated carbocycles. The summed E-state index contributed by atoms with van der Waals surface area (Å²) in [5.41, 5.74) is 0. The van der Waals surface area contributed by atoms with E-state index < -0.39 is 36.5 Å². The number of nitrogens with one attached hydrogen (secondary N) is 1. The summed E-state index contributed by atoms with van der Waals surface area (Å²) in [4.78, 5) is 53.2. The van der Waals surface area contributed by atoms with Crippen molar-refractivity contribution in [2.24, 2.45) is 17.8 Å².